The van der Waals surface area contributed by atoms with E-state index in [1.54, 1.807) is 22.5 Å². The first-order chi connectivity index (χ1) is 13.9. The number of hydrogen-bond acceptors (Lipinski definition) is 5. The molecule has 4 rings (SSSR count). The topological polar surface area (TPSA) is 59.1 Å². The molecule has 0 aliphatic carbocycles. The predicted octanol–water partition coefficient (Wildman–Crippen LogP) is 2.78. The molecule has 1 fully saturated rings. The van der Waals surface area contributed by atoms with Crippen LogP contribution in [0.15, 0.2) is 53.4 Å². The van der Waals surface area contributed by atoms with Gasteiger partial charge in [0, 0.05) is 37.8 Å². The van der Waals surface area contributed by atoms with Crippen LogP contribution in [0.2, 0.25) is 0 Å². The van der Waals surface area contributed by atoms with E-state index in [2.05, 4.69) is 43.0 Å². The Morgan fingerprint density at radius 1 is 0.931 bits per heavy atom. The fraction of sp³-hybridized carbons (Fsp3) is 0.455. The van der Waals surface area contributed by atoms with Crippen LogP contribution in [0.5, 0.6) is 11.5 Å². The average Bonchev–Trinajstić information content (AvgIpc) is 2.73. The summed E-state index contributed by atoms with van der Waals surface area (Å²) in [5.41, 5.74) is 1.30. The molecule has 1 saturated heterocycles. The third-order valence-electron chi connectivity index (χ3n) is 5.72. The number of sulfonamides is 1. The van der Waals surface area contributed by atoms with Crippen molar-refractivity contribution in [2.24, 2.45) is 0 Å². The highest BCUT2D eigenvalue weighted by Gasteiger charge is 2.36. The number of ether oxygens (including phenoxy) is 2. The zero-order chi connectivity index (χ0) is 20.4. The van der Waals surface area contributed by atoms with Crippen molar-refractivity contribution in [1.29, 1.82) is 0 Å². The summed E-state index contributed by atoms with van der Waals surface area (Å²) in [6, 6.07) is 15.6. The zero-order valence-electron chi connectivity index (χ0n) is 17.0. The SMILES string of the molecule is CC1CN(S(=O)(=O)c2ccc3c(c2)OCCO3)CC(C)N1CCc1ccccc1. The minimum absolute atomic E-state index is 0.148. The molecule has 0 radical (unpaired) electrons. The fourth-order valence-electron chi connectivity index (χ4n) is 4.18. The van der Waals surface area contributed by atoms with Crippen LogP contribution in [-0.2, 0) is 16.4 Å². The highest BCUT2D eigenvalue weighted by Crippen LogP contribution is 2.34. The first kappa shape index (κ1) is 20.2. The molecule has 6 nitrogen and oxygen atoms in total. The fourth-order valence-corrected chi connectivity index (χ4v) is 5.80. The van der Waals surface area contributed by atoms with Gasteiger partial charge in [-0.15, -0.1) is 0 Å². The Morgan fingerprint density at radius 3 is 2.28 bits per heavy atom. The standard InChI is InChI=1S/C22H28N2O4S/c1-17-15-23(16-18(2)24(17)11-10-19-6-4-3-5-7-19)29(25,26)20-8-9-21-22(14-20)28-13-12-27-21/h3-9,14,17-18H,10-13,15-16H2,1-2H3. The van der Waals surface area contributed by atoms with Crippen LogP contribution in [0.1, 0.15) is 19.4 Å². The molecule has 0 saturated carbocycles. The molecule has 2 aliphatic heterocycles. The van der Waals surface area contributed by atoms with E-state index in [0.717, 1.165) is 13.0 Å². The lowest BCUT2D eigenvalue weighted by Gasteiger charge is -2.43. The van der Waals surface area contributed by atoms with Gasteiger partial charge < -0.3 is 9.47 Å². The summed E-state index contributed by atoms with van der Waals surface area (Å²) in [6.07, 6.45) is 0.963. The van der Waals surface area contributed by atoms with Gasteiger partial charge in [-0.25, -0.2) is 8.42 Å². The van der Waals surface area contributed by atoms with E-state index in [1.807, 2.05) is 6.07 Å². The molecular weight excluding hydrogens is 388 g/mol. The van der Waals surface area contributed by atoms with Gasteiger partial charge in [-0.3, -0.25) is 4.90 Å². The van der Waals surface area contributed by atoms with Gasteiger partial charge >= 0.3 is 0 Å². The smallest absolute Gasteiger partial charge is 0.243 e. The third kappa shape index (κ3) is 4.27. The van der Waals surface area contributed by atoms with Crippen molar-refractivity contribution in [1.82, 2.24) is 9.21 Å². The number of benzene rings is 2. The maximum Gasteiger partial charge on any atom is 0.243 e. The predicted molar refractivity (Wildman–Crippen MR) is 112 cm³/mol. The van der Waals surface area contributed by atoms with E-state index in [4.69, 9.17) is 9.47 Å². The van der Waals surface area contributed by atoms with Crippen molar-refractivity contribution in [2.75, 3.05) is 32.8 Å². The van der Waals surface area contributed by atoms with E-state index in [0.29, 0.717) is 37.8 Å². The summed E-state index contributed by atoms with van der Waals surface area (Å²) >= 11 is 0. The lowest BCUT2D eigenvalue weighted by atomic mass is 10.1. The Balaban J connectivity index is 1.46. The van der Waals surface area contributed by atoms with Crippen molar-refractivity contribution >= 4 is 10.0 Å². The largest absolute Gasteiger partial charge is 0.486 e. The van der Waals surface area contributed by atoms with Crippen LogP contribution in [0.25, 0.3) is 0 Å². The molecule has 0 spiro atoms. The van der Waals surface area contributed by atoms with E-state index in [1.165, 1.54) is 5.56 Å². The maximum absolute atomic E-state index is 13.3. The number of hydrogen-bond donors (Lipinski definition) is 0. The molecule has 2 aromatic carbocycles. The van der Waals surface area contributed by atoms with Gasteiger partial charge in [-0.2, -0.15) is 4.31 Å². The average molecular weight is 417 g/mol. The maximum atomic E-state index is 13.3. The summed E-state index contributed by atoms with van der Waals surface area (Å²) in [6.45, 7) is 7.01. The number of piperazine rings is 1. The van der Waals surface area contributed by atoms with Crippen LogP contribution in [0.4, 0.5) is 0 Å². The molecule has 156 valence electrons. The Kier molecular flexibility index (Phi) is 5.81. The van der Waals surface area contributed by atoms with Gasteiger partial charge in [0.2, 0.25) is 10.0 Å². The van der Waals surface area contributed by atoms with Crippen LogP contribution < -0.4 is 9.47 Å². The molecule has 2 aliphatic rings. The molecule has 0 amide bonds. The highest BCUT2D eigenvalue weighted by atomic mass is 32.2. The zero-order valence-corrected chi connectivity index (χ0v) is 17.8. The third-order valence-corrected chi connectivity index (χ3v) is 7.55. The minimum atomic E-state index is -3.58. The quantitative estimate of drug-likeness (QED) is 0.750. The molecule has 7 heteroatoms. The number of nitrogens with zero attached hydrogens (tertiary/aromatic N) is 2. The molecule has 0 N–H and O–H groups in total. The van der Waals surface area contributed by atoms with Crippen LogP contribution >= 0.6 is 0 Å². The summed E-state index contributed by atoms with van der Waals surface area (Å²) in [4.78, 5) is 2.67. The van der Waals surface area contributed by atoms with Gasteiger partial charge in [0.15, 0.2) is 11.5 Å². The summed E-state index contributed by atoms with van der Waals surface area (Å²) < 4.78 is 39.2. The van der Waals surface area contributed by atoms with Gasteiger partial charge in [0.25, 0.3) is 0 Å². The molecular formula is C22H28N2O4S. The lowest BCUT2D eigenvalue weighted by Crippen LogP contribution is -2.58. The molecule has 2 atom stereocenters. The van der Waals surface area contributed by atoms with Crippen LogP contribution in [0, 0.1) is 0 Å². The highest BCUT2D eigenvalue weighted by molar-refractivity contribution is 7.89. The molecule has 29 heavy (non-hydrogen) atoms. The van der Waals surface area contributed by atoms with E-state index >= 15 is 0 Å². The van der Waals surface area contributed by atoms with Gasteiger partial charge in [0.05, 0.1) is 4.90 Å². The van der Waals surface area contributed by atoms with E-state index in [-0.39, 0.29) is 17.0 Å². The Hall–Kier alpha value is -2.09. The van der Waals surface area contributed by atoms with Crippen molar-refractivity contribution in [3.05, 3.63) is 54.1 Å². The van der Waals surface area contributed by atoms with E-state index < -0.39 is 10.0 Å². The van der Waals surface area contributed by atoms with Crippen LogP contribution in [0.3, 0.4) is 0 Å². The Labute approximate surface area is 173 Å². The first-order valence-corrected chi connectivity index (χ1v) is 11.6. The molecule has 0 aromatic heterocycles. The van der Waals surface area contributed by atoms with Crippen molar-refractivity contribution in [3.63, 3.8) is 0 Å². The van der Waals surface area contributed by atoms with Gasteiger partial charge in [-0.05, 0) is 38.0 Å². The van der Waals surface area contributed by atoms with Crippen molar-refractivity contribution in [3.8, 4) is 11.5 Å². The second-order valence-electron chi connectivity index (χ2n) is 7.80. The molecule has 2 unspecified atom stereocenters. The van der Waals surface area contributed by atoms with Gasteiger partial charge in [0.1, 0.15) is 13.2 Å². The van der Waals surface area contributed by atoms with Crippen molar-refractivity contribution in [2.45, 2.75) is 37.2 Å². The monoisotopic (exact) mass is 416 g/mol. The normalized spacial score (nSPS) is 23.1. The Morgan fingerprint density at radius 2 is 1.59 bits per heavy atom. The molecule has 2 heterocycles. The molecule has 2 aromatic rings. The van der Waals surface area contributed by atoms with Gasteiger partial charge in [-0.1, -0.05) is 30.3 Å². The Bertz CT molecular complexity index is 937. The second-order valence-corrected chi connectivity index (χ2v) is 9.74. The number of rotatable bonds is 5. The number of fused-ring (bicyclic) bond motifs is 1. The van der Waals surface area contributed by atoms with Crippen LogP contribution in [-0.4, -0.2) is 62.6 Å². The second kappa shape index (κ2) is 8.34. The minimum Gasteiger partial charge on any atom is -0.486 e. The molecule has 0 bridgehead atoms. The first-order valence-electron chi connectivity index (χ1n) is 10.1. The van der Waals surface area contributed by atoms with E-state index in [9.17, 15) is 8.42 Å². The van der Waals surface area contributed by atoms with Crippen molar-refractivity contribution < 1.29 is 17.9 Å². The summed E-state index contributed by atoms with van der Waals surface area (Å²) in [5, 5.41) is 0. The summed E-state index contributed by atoms with van der Waals surface area (Å²) in [5.74, 6) is 1.10. The lowest BCUT2D eigenvalue weighted by molar-refractivity contribution is 0.0783. The summed E-state index contributed by atoms with van der Waals surface area (Å²) in [7, 11) is -3.58.